The molecular formula is C26H15ClN2. The Morgan fingerprint density at radius 2 is 1.14 bits per heavy atom. The van der Waals surface area contributed by atoms with E-state index < -0.39 is 0 Å². The number of hydrogen-bond donors (Lipinski definition) is 0. The van der Waals surface area contributed by atoms with Crippen molar-refractivity contribution in [3.63, 3.8) is 0 Å². The molecular weight excluding hydrogens is 376 g/mol. The van der Waals surface area contributed by atoms with E-state index in [2.05, 4.69) is 27.9 Å². The molecule has 4 rings (SSSR count). The second-order valence-electron chi connectivity index (χ2n) is 6.54. The fourth-order valence-corrected chi connectivity index (χ4v) is 3.54. The lowest BCUT2D eigenvalue weighted by molar-refractivity contribution is 1.57. The number of hydrogen-bond acceptors (Lipinski definition) is 0. The van der Waals surface area contributed by atoms with Crippen molar-refractivity contribution in [1.29, 1.82) is 0 Å². The molecule has 0 unspecified atom stereocenters. The molecule has 0 aromatic heterocycles. The number of nitrogens with zero attached hydrogens (tertiary/aromatic N) is 2. The van der Waals surface area contributed by atoms with E-state index in [0.717, 1.165) is 33.4 Å². The molecule has 0 bridgehead atoms. The van der Waals surface area contributed by atoms with Crippen molar-refractivity contribution < 1.29 is 0 Å². The van der Waals surface area contributed by atoms with E-state index >= 15 is 0 Å². The van der Waals surface area contributed by atoms with E-state index in [9.17, 15) is 0 Å². The minimum atomic E-state index is 0.381. The third-order valence-electron chi connectivity index (χ3n) is 4.79. The molecule has 136 valence electrons. The maximum absolute atomic E-state index is 7.88. The van der Waals surface area contributed by atoms with Gasteiger partial charge in [-0.05, 0) is 39.4 Å². The Hall–Kier alpha value is -3.85. The van der Waals surface area contributed by atoms with Gasteiger partial charge in [0.15, 0.2) is 0 Å². The van der Waals surface area contributed by atoms with Gasteiger partial charge in [0, 0.05) is 5.02 Å². The molecule has 2 nitrogen and oxygen atoms in total. The van der Waals surface area contributed by atoms with Crippen LogP contribution in [0.5, 0.6) is 0 Å². The molecule has 0 spiro atoms. The van der Waals surface area contributed by atoms with Crippen LogP contribution in [0.15, 0.2) is 91.0 Å². The van der Waals surface area contributed by atoms with Crippen molar-refractivity contribution in [3.8, 4) is 33.4 Å². The van der Waals surface area contributed by atoms with Crippen LogP contribution in [0.2, 0.25) is 5.02 Å². The van der Waals surface area contributed by atoms with Gasteiger partial charge >= 0.3 is 0 Å². The Kier molecular flexibility index (Phi) is 5.12. The summed E-state index contributed by atoms with van der Waals surface area (Å²) in [5.74, 6) is 0. The largest absolute Gasteiger partial charge is 0.237 e. The zero-order valence-electron chi connectivity index (χ0n) is 15.4. The Morgan fingerprint density at radius 3 is 1.72 bits per heavy atom. The molecule has 0 fully saturated rings. The van der Waals surface area contributed by atoms with Crippen molar-refractivity contribution in [2.75, 3.05) is 0 Å². The van der Waals surface area contributed by atoms with E-state index in [1.165, 1.54) is 0 Å². The third kappa shape index (κ3) is 3.63. The second kappa shape index (κ2) is 8.03. The minimum Gasteiger partial charge on any atom is -0.237 e. The van der Waals surface area contributed by atoms with Crippen LogP contribution in [0.4, 0.5) is 11.4 Å². The summed E-state index contributed by atoms with van der Waals surface area (Å²) in [6.07, 6.45) is 0. The Labute approximate surface area is 175 Å². The molecule has 0 aliphatic carbocycles. The van der Waals surface area contributed by atoms with E-state index in [1.807, 2.05) is 60.7 Å². The summed E-state index contributed by atoms with van der Waals surface area (Å²) < 4.78 is 0. The van der Waals surface area contributed by atoms with Gasteiger partial charge in [-0.25, -0.2) is 9.69 Å². The summed E-state index contributed by atoms with van der Waals surface area (Å²) in [6.45, 7) is 15.3. The van der Waals surface area contributed by atoms with Crippen LogP contribution in [-0.2, 0) is 0 Å². The Morgan fingerprint density at radius 1 is 0.552 bits per heavy atom. The van der Waals surface area contributed by atoms with Gasteiger partial charge in [0.25, 0.3) is 0 Å². The predicted octanol–water partition coefficient (Wildman–Crippen LogP) is 8.44. The van der Waals surface area contributed by atoms with Crippen LogP contribution < -0.4 is 0 Å². The molecule has 0 atom stereocenters. The molecule has 0 saturated carbocycles. The zero-order valence-corrected chi connectivity index (χ0v) is 16.2. The van der Waals surface area contributed by atoms with Crippen LogP contribution in [0, 0.1) is 13.1 Å². The van der Waals surface area contributed by atoms with Crippen molar-refractivity contribution in [2.24, 2.45) is 0 Å². The van der Waals surface area contributed by atoms with Crippen LogP contribution >= 0.6 is 11.6 Å². The maximum atomic E-state index is 7.88. The first-order chi connectivity index (χ1) is 14.2. The van der Waals surface area contributed by atoms with Gasteiger partial charge in [-0.3, -0.25) is 0 Å². The lowest BCUT2D eigenvalue weighted by atomic mass is 9.91. The third-order valence-corrected chi connectivity index (χ3v) is 5.11. The smallest absolute Gasteiger partial charge is 0.205 e. The highest BCUT2D eigenvalue weighted by atomic mass is 35.5. The van der Waals surface area contributed by atoms with Crippen molar-refractivity contribution in [3.05, 3.63) is 119 Å². The molecule has 0 radical (unpaired) electrons. The van der Waals surface area contributed by atoms with Gasteiger partial charge in [-0.2, -0.15) is 0 Å². The van der Waals surface area contributed by atoms with E-state index in [4.69, 9.17) is 24.7 Å². The molecule has 4 aromatic rings. The van der Waals surface area contributed by atoms with Crippen LogP contribution in [-0.4, -0.2) is 0 Å². The molecule has 0 saturated heterocycles. The van der Waals surface area contributed by atoms with Gasteiger partial charge in [0.1, 0.15) is 0 Å². The lowest BCUT2D eigenvalue weighted by Gasteiger charge is -2.15. The van der Waals surface area contributed by atoms with E-state index in [0.29, 0.717) is 16.4 Å². The molecule has 0 aliphatic rings. The lowest BCUT2D eigenvalue weighted by Crippen LogP contribution is -1.87. The summed E-state index contributed by atoms with van der Waals surface area (Å²) in [6, 6.07) is 29.4. The number of benzene rings is 4. The summed E-state index contributed by atoms with van der Waals surface area (Å²) in [4.78, 5) is 7.39. The average Bonchev–Trinajstić information content (AvgIpc) is 2.79. The fourth-order valence-electron chi connectivity index (χ4n) is 3.38. The summed E-state index contributed by atoms with van der Waals surface area (Å²) in [5.41, 5.74) is 6.49. The SMILES string of the molecule is [C-]#[N+]c1cc(-c2cc(-c3ccccc3)cc(-c3ccccc3)c2[N+]#[C-])ccc1Cl. The molecule has 4 aromatic carbocycles. The fraction of sp³-hybridized carbons (Fsp3) is 0. The first-order valence-corrected chi connectivity index (χ1v) is 9.43. The molecule has 0 amide bonds. The molecule has 3 heteroatoms. The Bertz CT molecular complexity index is 1260. The van der Waals surface area contributed by atoms with Crippen LogP contribution in [0.25, 0.3) is 43.1 Å². The number of halogens is 1. The van der Waals surface area contributed by atoms with Gasteiger partial charge in [-0.15, -0.1) is 0 Å². The Balaban J connectivity index is 2.04. The van der Waals surface area contributed by atoms with Crippen LogP contribution in [0.1, 0.15) is 0 Å². The van der Waals surface area contributed by atoms with E-state index in [1.54, 1.807) is 12.1 Å². The molecule has 0 heterocycles. The van der Waals surface area contributed by atoms with Gasteiger partial charge in [0.2, 0.25) is 11.4 Å². The highest BCUT2D eigenvalue weighted by Crippen LogP contribution is 2.44. The summed E-state index contributed by atoms with van der Waals surface area (Å²) in [7, 11) is 0. The topological polar surface area (TPSA) is 8.72 Å². The standard InChI is InChI=1S/C26H15ClN2/c1-28-25-17-20(13-14-24(25)27)23-16-21(18-9-5-3-6-10-18)15-22(26(23)29-2)19-11-7-4-8-12-19/h3-17H. The maximum Gasteiger partial charge on any atom is 0.205 e. The monoisotopic (exact) mass is 390 g/mol. The van der Waals surface area contributed by atoms with Gasteiger partial charge < -0.3 is 0 Å². The first kappa shape index (κ1) is 18.5. The highest BCUT2D eigenvalue weighted by molar-refractivity contribution is 6.33. The predicted molar refractivity (Wildman–Crippen MR) is 120 cm³/mol. The molecule has 0 N–H and O–H groups in total. The normalized spacial score (nSPS) is 10.2. The van der Waals surface area contributed by atoms with E-state index in [-0.39, 0.29) is 0 Å². The summed E-state index contributed by atoms with van der Waals surface area (Å²) >= 11 is 6.14. The first-order valence-electron chi connectivity index (χ1n) is 9.05. The minimum absolute atomic E-state index is 0.381. The highest BCUT2D eigenvalue weighted by Gasteiger charge is 2.16. The quantitative estimate of drug-likeness (QED) is 0.310. The van der Waals surface area contributed by atoms with Crippen molar-refractivity contribution in [1.82, 2.24) is 0 Å². The van der Waals surface area contributed by atoms with Crippen molar-refractivity contribution in [2.45, 2.75) is 0 Å². The molecule has 29 heavy (non-hydrogen) atoms. The number of rotatable bonds is 3. The molecule has 0 aliphatic heterocycles. The van der Waals surface area contributed by atoms with Crippen LogP contribution in [0.3, 0.4) is 0 Å². The van der Waals surface area contributed by atoms with Gasteiger partial charge in [-0.1, -0.05) is 96.5 Å². The zero-order chi connectivity index (χ0) is 20.2. The van der Waals surface area contributed by atoms with Gasteiger partial charge in [0.05, 0.1) is 13.1 Å². The average molecular weight is 391 g/mol. The summed E-state index contributed by atoms with van der Waals surface area (Å²) in [5, 5.41) is 0.413. The second-order valence-corrected chi connectivity index (χ2v) is 6.95. The van der Waals surface area contributed by atoms with Crippen molar-refractivity contribution >= 4 is 23.0 Å².